The summed E-state index contributed by atoms with van der Waals surface area (Å²) < 4.78 is 5.41. The number of nitrogens with one attached hydrogen (secondary N) is 1. The third kappa shape index (κ3) is 6.41. The summed E-state index contributed by atoms with van der Waals surface area (Å²) in [5.41, 5.74) is 7.97. The molecule has 9 heteroatoms. The van der Waals surface area contributed by atoms with Gasteiger partial charge in [0.25, 0.3) is 5.91 Å². The summed E-state index contributed by atoms with van der Waals surface area (Å²) >= 11 is 1.47. The lowest BCUT2D eigenvalue weighted by Crippen LogP contribution is -2.37. The standard InChI is InChI=1S/C18H24N4O2S.2ClH/c1-13(22-8-10-24-11-9-22)14-2-4-15(5-3-14)20-18(23)16-12-25-17(21-16)6-7-19;;/h2-5,12-13H,6-11,19H2,1H3,(H,20,23);2*1H. The molecule has 1 unspecified atom stereocenters. The number of benzene rings is 1. The molecule has 0 spiro atoms. The normalized spacial score (nSPS) is 15.3. The summed E-state index contributed by atoms with van der Waals surface area (Å²) in [6, 6.07) is 8.35. The van der Waals surface area contributed by atoms with Gasteiger partial charge in [-0.3, -0.25) is 9.69 Å². The molecule has 150 valence electrons. The number of thiazole rings is 1. The Bertz CT molecular complexity index is 706. The van der Waals surface area contributed by atoms with Gasteiger partial charge in [0.2, 0.25) is 0 Å². The number of hydrogen-bond acceptors (Lipinski definition) is 6. The SMILES string of the molecule is CC(c1ccc(NC(=O)c2csc(CCN)n2)cc1)N1CCOCC1.Cl.Cl. The molecule has 27 heavy (non-hydrogen) atoms. The minimum absolute atomic E-state index is 0. The average molecular weight is 433 g/mol. The van der Waals surface area contributed by atoms with Gasteiger partial charge in [0.1, 0.15) is 5.69 Å². The van der Waals surface area contributed by atoms with E-state index in [2.05, 4.69) is 34.3 Å². The number of aromatic nitrogens is 1. The van der Waals surface area contributed by atoms with Gasteiger partial charge in [-0.25, -0.2) is 4.98 Å². The van der Waals surface area contributed by atoms with E-state index in [1.54, 1.807) is 5.38 Å². The minimum atomic E-state index is -0.187. The van der Waals surface area contributed by atoms with Gasteiger partial charge in [0.15, 0.2) is 0 Å². The molecular weight excluding hydrogens is 407 g/mol. The number of carbonyl (C=O) groups is 1. The summed E-state index contributed by atoms with van der Waals surface area (Å²) in [6.45, 7) is 6.23. The number of hydrogen-bond donors (Lipinski definition) is 2. The highest BCUT2D eigenvalue weighted by Gasteiger charge is 2.18. The van der Waals surface area contributed by atoms with Crippen molar-refractivity contribution in [1.29, 1.82) is 0 Å². The van der Waals surface area contributed by atoms with Gasteiger partial charge in [-0.1, -0.05) is 12.1 Å². The van der Waals surface area contributed by atoms with Gasteiger partial charge in [-0.05, 0) is 31.2 Å². The number of anilines is 1. The van der Waals surface area contributed by atoms with Crippen LogP contribution in [0.15, 0.2) is 29.6 Å². The Morgan fingerprint density at radius 1 is 1.30 bits per heavy atom. The quantitative estimate of drug-likeness (QED) is 0.732. The molecule has 1 aromatic carbocycles. The fourth-order valence-corrected chi connectivity index (χ4v) is 3.66. The van der Waals surface area contributed by atoms with Crippen LogP contribution >= 0.6 is 36.2 Å². The van der Waals surface area contributed by atoms with E-state index in [9.17, 15) is 4.79 Å². The number of amides is 1. The van der Waals surface area contributed by atoms with Crippen LogP contribution in [0.4, 0.5) is 5.69 Å². The van der Waals surface area contributed by atoms with Crippen molar-refractivity contribution in [1.82, 2.24) is 9.88 Å². The van der Waals surface area contributed by atoms with Crippen LogP contribution in [0.3, 0.4) is 0 Å². The van der Waals surface area contributed by atoms with Crippen molar-refractivity contribution in [3.05, 3.63) is 45.9 Å². The molecule has 3 N–H and O–H groups in total. The van der Waals surface area contributed by atoms with Gasteiger partial charge in [-0.2, -0.15) is 0 Å². The van der Waals surface area contributed by atoms with Crippen LogP contribution in [0.1, 0.15) is 34.0 Å². The maximum absolute atomic E-state index is 12.3. The zero-order valence-electron chi connectivity index (χ0n) is 15.2. The topological polar surface area (TPSA) is 80.5 Å². The Balaban J connectivity index is 0.00000182. The lowest BCUT2D eigenvalue weighted by atomic mass is 10.1. The van der Waals surface area contributed by atoms with Crippen LogP contribution in [0, 0.1) is 0 Å². The van der Waals surface area contributed by atoms with Crippen molar-refractivity contribution in [2.24, 2.45) is 5.73 Å². The third-order valence-electron chi connectivity index (χ3n) is 4.39. The van der Waals surface area contributed by atoms with Crippen LogP contribution in [-0.4, -0.2) is 48.6 Å². The highest BCUT2D eigenvalue weighted by atomic mass is 35.5. The number of ether oxygens (including phenoxy) is 1. The van der Waals surface area contributed by atoms with E-state index in [1.165, 1.54) is 16.9 Å². The van der Waals surface area contributed by atoms with Gasteiger partial charge in [0, 0.05) is 36.6 Å². The van der Waals surface area contributed by atoms with E-state index in [4.69, 9.17) is 10.5 Å². The van der Waals surface area contributed by atoms with Crippen LogP contribution in [0.2, 0.25) is 0 Å². The Morgan fingerprint density at radius 3 is 2.59 bits per heavy atom. The fraction of sp³-hybridized carbons (Fsp3) is 0.444. The van der Waals surface area contributed by atoms with Crippen molar-refractivity contribution < 1.29 is 9.53 Å². The molecular formula is C18H26Cl2N4O2S. The lowest BCUT2D eigenvalue weighted by Gasteiger charge is -2.32. The van der Waals surface area contributed by atoms with Crippen LogP contribution in [0.5, 0.6) is 0 Å². The van der Waals surface area contributed by atoms with E-state index in [-0.39, 0.29) is 30.7 Å². The highest BCUT2D eigenvalue weighted by molar-refractivity contribution is 7.09. The molecule has 0 saturated carbocycles. The second-order valence-electron chi connectivity index (χ2n) is 6.07. The molecule has 6 nitrogen and oxygen atoms in total. The molecule has 1 saturated heterocycles. The monoisotopic (exact) mass is 432 g/mol. The molecule has 0 radical (unpaired) electrons. The molecule has 1 fully saturated rings. The molecule has 2 heterocycles. The maximum atomic E-state index is 12.3. The minimum Gasteiger partial charge on any atom is -0.379 e. The first-order chi connectivity index (χ1) is 12.2. The molecule has 2 aromatic rings. The van der Waals surface area contributed by atoms with E-state index >= 15 is 0 Å². The van der Waals surface area contributed by atoms with Gasteiger partial charge < -0.3 is 15.8 Å². The van der Waals surface area contributed by atoms with Gasteiger partial charge in [0.05, 0.1) is 18.2 Å². The second kappa shape index (κ2) is 11.6. The number of nitrogens with zero attached hydrogens (tertiary/aromatic N) is 2. The number of morpholine rings is 1. The first-order valence-electron chi connectivity index (χ1n) is 8.55. The summed E-state index contributed by atoms with van der Waals surface area (Å²) in [7, 11) is 0. The molecule has 0 bridgehead atoms. The summed E-state index contributed by atoms with van der Waals surface area (Å²) in [4.78, 5) is 19.0. The first-order valence-corrected chi connectivity index (χ1v) is 9.43. The number of carbonyl (C=O) groups excluding carboxylic acids is 1. The second-order valence-corrected chi connectivity index (χ2v) is 7.01. The zero-order chi connectivity index (χ0) is 17.6. The largest absolute Gasteiger partial charge is 0.379 e. The van der Waals surface area contributed by atoms with Crippen molar-refractivity contribution in [3.63, 3.8) is 0 Å². The van der Waals surface area contributed by atoms with Gasteiger partial charge in [-0.15, -0.1) is 36.2 Å². The summed E-state index contributed by atoms with van der Waals surface area (Å²) in [5.74, 6) is -0.187. The van der Waals surface area contributed by atoms with E-state index in [1.807, 2.05) is 12.1 Å². The highest BCUT2D eigenvalue weighted by Crippen LogP contribution is 2.23. The summed E-state index contributed by atoms with van der Waals surface area (Å²) in [5, 5.41) is 5.56. The molecule has 1 aliphatic rings. The smallest absolute Gasteiger partial charge is 0.275 e. The molecule has 1 aliphatic heterocycles. The number of nitrogens with two attached hydrogens (primary N) is 1. The average Bonchev–Trinajstić information content (AvgIpc) is 3.12. The molecule has 1 amide bonds. The van der Waals surface area contributed by atoms with Gasteiger partial charge >= 0.3 is 0 Å². The van der Waals surface area contributed by atoms with Crippen molar-refractivity contribution in [3.8, 4) is 0 Å². The number of halogens is 2. The molecule has 3 rings (SSSR count). The molecule has 0 aliphatic carbocycles. The molecule has 1 aromatic heterocycles. The van der Waals surface area contributed by atoms with Crippen molar-refractivity contribution >= 4 is 47.7 Å². The van der Waals surface area contributed by atoms with Crippen LogP contribution in [-0.2, 0) is 11.2 Å². The first kappa shape index (κ1) is 23.8. The van der Waals surface area contributed by atoms with Crippen LogP contribution in [0.25, 0.3) is 0 Å². The van der Waals surface area contributed by atoms with Crippen LogP contribution < -0.4 is 11.1 Å². The predicted octanol–water partition coefficient (Wildman–Crippen LogP) is 3.13. The van der Waals surface area contributed by atoms with Crippen molar-refractivity contribution in [2.45, 2.75) is 19.4 Å². The Morgan fingerprint density at radius 2 is 1.96 bits per heavy atom. The predicted molar refractivity (Wildman–Crippen MR) is 115 cm³/mol. The third-order valence-corrected chi connectivity index (χ3v) is 5.30. The van der Waals surface area contributed by atoms with Crippen molar-refractivity contribution in [2.75, 3.05) is 38.2 Å². The zero-order valence-corrected chi connectivity index (χ0v) is 17.7. The Kier molecular flexibility index (Phi) is 10.2. The summed E-state index contributed by atoms with van der Waals surface area (Å²) in [6.07, 6.45) is 0.700. The fourth-order valence-electron chi connectivity index (χ4n) is 2.87. The number of rotatable bonds is 6. The Hall–Kier alpha value is -1.22. The maximum Gasteiger partial charge on any atom is 0.275 e. The van der Waals surface area contributed by atoms with E-state index in [0.717, 1.165) is 37.0 Å². The Labute approximate surface area is 176 Å². The molecule has 1 atom stereocenters. The van der Waals surface area contributed by atoms with E-state index < -0.39 is 0 Å². The lowest BCUT2D eigenvalue weighted by molar-refractivity contribution is 0.0198. The van der Waals surface area contributed by atoms with E-state index in [0.29, 0.717) is 24.7 Å².